The second kappa shape index (κ2) is 10.1. The van der Waals surface area contributed by atoms with Crippen LogP contribution in [0.5, 0.6) is 5.75 Å². The fraction of sp³-hybridized carbons (Fsp3) is 0.231. The van der Waals surface area contributed by atoms with Gasteiger partial charge in [-0.3, -0.25) is 0 Å². The summed E-state index contributed by atoms with van der Waals surface area (Å²) in [5.41, 5.74) is 5.03. The van der Waals surface area contributed by atoms with E-state index >= 15 is 0 Å². The molecule has 1 atom stereocenters. The first-order valence-corrected chi connectivity index (χ1v) is 9.97. The molecule has 0 aliphatic carbocycles. The van der Waals surface area contributed by atoms with Gasteiger partial charge in [-0.1, -0.05) is 72.8 Å². The van der Waals surface area contributed by atoms with Crippen LogP contribution in [0.1, 0.15) is 23.6 Å². The summed E-state index contributed by atoms with van der Waals surface area (Å²) < 4.78 is 5.96. The Morgan fingerprint density at radius 2 is 1.41 bits per heavy atom. The highest BCUT2D eigenvalue weighted by molar-refractivity contribution is 6.00. The van der Waals surface area contributed by atoms with Crippen molar-refractivity contribution < 1.29 is 9.84 Å². The van der Waals surface area contributed by atoms with Crippen LogP contribution in [0.15, 0.2) is 84.9 Å². The number of aliphatic hydroxyl groups excluding tert-OH is 1. The number of likely N-dealkylation sites (N-methyl/N-ethyl adjacent to an activating group) is 1. The van der Waals surface area contributed by atoms with E-state index in [9.17, 15) is 5.11 Å². The van der Waals surface area contributed by atoms with Gasteiger partial charge < -0.3 is 14.7 Å². The lowest BCUT2D eigenvalue weighted by atomic mass is 9.87. The Hall–Kier alpha value is -2.88. The number of hydrogen-bond acceptors (Lipinski definition) is 3. The van der Waals surface area contributed by atoms with Crippen LogP contribution in [-0.2, 0) is 0 Å². The normalized spacial score (nSPS) is 13.1. The first kappa shape index (κ1) is 20.8. The number of benzene rings is 3. The summed E-state index contributed by atoms with van der Waals surface area (Å²) >= 11 is 0. The van der Waals surface area contributed by atoms with E-state index in [4.69, 9.17) is 4.74 Å². The summed E-state index contributed by atoms with van der Waals surface area (Å²) in [6, 6.07) is 28.4. The third kappa shape index (κ3) is 5.57. The van der Waals surface area contributed by atoms with E-state index in [1.165, 1.54) is 0 Å². The predicted molar refractivity (Wildman–Crippen MR) is 121 cm³/mol. The Balaban J connectivity index is 2.12. The zero-order valence-electron chi connectivity index (χ0n) is 17.4. The number of aliphatic hydroxyl groups is 1. The Morgan fingerprint density at radius 1 is 0.828 bits per heavy atom. The molecule has 0 aromatic heterocycles. The zero-order valence-corrected chi connectivity index (χ0v) is 17.4. The maximum Gasteiger partial charge on any atom is 0.119 e. The van der Waals surface area contributed by atoms with Crippen LogP contribution in [0.3, 0.4) is 0 Å². The van der Waals surface area contributed by atoms with Crippen LogP contribution in [0, 0.1) is 0 Å². The van der Waals surface area contributed by atoms with Crippen molar-refractivity contribution in [3.63, 3.8) is 0 Å². The summed E-state index contributed by atoms with van der Waals surface area (Å²) in [7, 11) is 4.07. The molecule has 150 valence electrons. The van der Waals surface area contributed by atoms with Gasteiger partial charge in [-0.05, 0) is 61.0 Å². The van der Waals surface area contributed by atoms with Crippen LogP contribution in [0.25, 0.3) is 11.1 Å². The molecule has 1 unspecified atom stereocenters. The first-order valence-electron chi connectivity index (χ1n) is 9.97. The molecule has 0 bridgehead atoms. The molecule has 0 saturated heterocycles. The molecular weight excluding hydrogens is 358 g/mol. The van der Waals surface area contributed by atoms with E-state index in [1.807, 2.05) is 81.7 Å². The fourth-order valence-electron chi connectivity index (χ4n) is 3.38. The molecule has 3 rings (SSSR count). The van der Waals surface area contributed by atoms with Crippen molar-refractivity contribution in [1.29, 1.82) is 0 Å². The minimum atomic E-state index is -0.620. The minimum Gasteiger partial charge on any atom is -0.492 e. The summed E-state index contributed by atoms with van der Waals surface area (Å²) in [6.45, 7) is 3.31. The van der Waals surface area contributed by atoms with E-state index in [0.717, 1.165) is 40.1 Å². The van der Waals surface area contributed by atoms with E-state index in [1.54, 1.807) is 0 Å². The molecule has 0 spiro atoms. The Morgan fingerprint density at radius 3 is 2.00 bits per heavy atom. The summed E-state index contributed by atoms with van der Waals surface area (Å²) in [5, 5.41) is 10.7. The van der Waals surface area contributed by atoms with Crippen LogP contribution >= 0.6 is 0 Å². The summed E-state index contributed by atoms with van der Waals surface area (Å²) in [5.74, 6) is 0.829. The molecule has 0 fully saturated rings. The average Bonchev–Trinajstić information content (AvgIpc) is 2.73. The highest BCUT2D eigenvalue weighted by Crippen LogP contribution is 2.35. The molecule has 0 amide bonds. The van der Waals surface area contributed by atoms with Gasteiger partial charge in [0.05, 0.1) is 6.10 Å². The molecule has 29 heavy (non-hydrogen) atoms. The Bertz CT molecular complexity index is 931. The highest BCUT2D eigenvalue weighted by Gasteiger charge is 2.18. The van der Waals surface area contributed by atoms with E-state index < -0.39 is 6.10 Å². The first-order chi connectivity index (χ1) is 14.1. The van der Waals surface area contributed by atoms with Gasteiger partial charge in [0.15, 0.2) is 0 Å². The van der Waals surface area contributed by atoms with Crippen molar-refractivity contribution in [2.75, 3.05) is 27.2 Å². The van der Waals surface area contributed by atoms with Crippen LogP contribution in [-0.4, -0.2) is 43.4 Å². The van der Waals surface area contributed by atoms with Gasteiger partial charge in [-0.2, -0.15) is 0 Å². The maximum absolute atomic E-state index is 10.7. The summed E-state index contributed by atoms with van der Waals surface area (Å²) in [6.07, 6.45) is -0.620. The van der Waals surface area contributed by atoms with Crippen LogP contribution < -0.4 is 4.74 Å². The molecule has 3 heteroatoms. The standard InChI is InChI=1S/C26H29NO2/c1-20(28)25(21-11-6-4-7-12-21)26(22-13-8-5-9-14-22)23-15-10-16-24(19-23)29-18-17-27(2)3/h4-16,19-20,28H,17-18H2,1-3H3. The SMILES string of the molecule is CC(O)C(=C(c1ccccc1)c1cccc(OCCN(C)C)c1)c1ccccc1. The molecule has 0 radical (unpaired) electrons. The number of rotatable bonds is 8. The van der Waals surface area contributed by atoms with Gasteiger partial charge in [0.25, 0.3) is 0 Å². The largest absolute Gasteiger partial charge is 0.492 e. The van der Waals surface area contributed by atoms with Crippen LogP contribution in [0.2, 0.25) is 0 Å². The van der Waals surface area contributed by atoms with Gasteiger partial charge in [0.1, 0.15) is 12.4 Å². The van der Waals surface area contributed by atoms with E-state index in [0.29, 0.717) is 6.61 Å². The van der Waals surface area contributed by atoms with Crippen molar-refractivity contribution in [2.24, 2.45) is 0 Å². The molecule has 0 heterocycles. The van der Waals surface area contributed by atoms with E-state index in [2.05, 4.69) is 29.2 Å². The number of hydrogen-bond donors (Lipinski definition) is 1. The molecule has 1 N–H and O–H groups in total. The van der Waals surface area contributed by atoms with Gasteiger partial charge in [-0.25, -0.2) is 0 Å². The number of ether oxygens (including phenoxy) is 1. The Kier molecular flexibility index (Phi) is 7.23. The minimum absolute atomic E-state index is 0.620. The lowest BCUT2D eigenvalue weighted by Crippen LogP contribution is -2.19. The summed E-state index contributed by atoms with van der Waals surface area (Å²) in [4.78, 5) is 2.10. The lowest BCUT2D eigenvalue weighted by Gasteiger charge is -2.20. The molecule has 0 saturated carbocycles. The van der Waals surface area contributed by atoms with Crippen molar-refractivity contribution >= 4 is 11.1 Å². The zero-order chi connectivity index (χ0) is 20.6. The third-order valence-corrected chi connectivity index (χ3v) is 4.76. The number of nitrogens with zero attached hydrogens (tertiary/aromatic N) is 1. The quantitative estimate of drug-likeness (QED) is 0.554. The van der Waals surface area contributed by atoms with E-state index in [-0.39, 0.29) is 0 Å². The van der Waals surface area contributed by atoms with Crippen molar-refractivity contribution in [3.8, 4) is 5.75 Å². The smallest absolute Gasteiger partial charge is 0.119 e. The average molecular weight is 388 g/mol. The topological polar surface area (TPSA) is 32.7 Å². The van der Waals surface area contributed by atoms with Gasteiger partial charge >= 0.3 is 0 Å². The predicted octanol–water partition coefficient (Wildman–Crippen LogP) is 4.97. The molecule has 0 aliphatic heterocycles. The molecule has 0 aliphatic rings. The van der Waals surface area contributed by atoms with Crippen molar-refractivity contribution in [3.05, 3.63) is 102 Å². The van der Waals surface area contributed by atoms with Crippen LogP contribution in [0.4, 0.5) is 0 Å². The molecule has 3 aromatic carbocycles. The second-order valence-electron chi connectivity index (χ2n) is 7.38. The molecule has 3 nitrogen and oxygen atoms in total. The molecule has 3 aromatic rings. The maximum atomic E-state index is 10.7. The Labute approximate surface area is 173 Å². The van der Waals surface area contributed by atoms with Gasteiger partial charge in [0, 0.05) is 6.54 Å². The second-order valence-corrected chi connectivity index (χ2v) is 7.38. The van der Waals surface area contributed by atoms with Crippen molar-refractivity contribution in [1.82, 2.24) is 4.90 Å². The third-order valence-electron chi connectivity index (χ3n) is 4.76. The monoisotopic (exact) mass is 387 g/mol. The van der Waals surface area contributed by atoms with Crippen molar-refractivity contribution in [2.45, 2.75) is 13.0 Å². The fourth-order valence-corrected chi connectivity index (χ4v) is 3.38. The van der Waals surface area contributed by atoms with Gasteiger partial charge in [-0.15, -0.1) is 0 Å². The molecular formula is C26H29NO2. The lowest BCUT2D eigenvalue weighted by molar-refractivity contribution is 0.253. The van der Waals surface area contributed by atoms with Gasteiger partial charge in [0.2, 0.25) is 0 Å². The highest BCUT2D eigenvalue weighted by atomic mass is 16.5.